The van der Waals surface area contributed by atoms with Gasteiger partial charge < -0.3 is 20.3 Å². The highest BCUT2D eigenvalue weighted by Gasteiger charge is 2.37. The van der Waals surface area contributed by atoms with Gasteiger partial charge in [0.15, 0.2) is 0 Å². The van der Waals surface area contributed by atoms with Crippen molar-refractivity contribution >= 4 is 34.9 Å². The molecule has 0 aromatic heterocycles. The van der Waals surface area contributed by atoms with Crippen LogP contribution in [-0.4, -0.2) is 61.4 Å². The summed E-state index contributed by atoms with van der Waals surface area (Å²) in [7, 11) is 1.55. The van der Waals surface area contributed by atoms with Crippen LogP contribution in [0.25, 0.3) is 0 Å². The largest absolute Gasteiger partial charge is 0.497 e. The number of carbonyl (C=O) groups is 3. The smallest absolute Gasteiger partial charge is 0.321 e. The first-order valence-corrected chi connectivity index (χ1v) is 13.8. The van der Waals surface area contributed by atoms with Gasteiger partial charge in [0.1, 0.15) is 12.3 Å². The van der Waals surface area contributed by atoms with E-state index in [0.29, 0.717) is 34.7 Å². The number of anilines is 2. The van der Waals surface area contributed by atoms with E-state index in [9.17, 15) is 14.4 Å². The zero-order chi connectivity index (χ0) is 27.5. The van der Waals surface area contributed by atoms with Crippen molar-refractivity contribution in [2.24, 2.45) is 22.7 Å². The fraction of sp³-hybridized carbons (Fsp3) is 0.467. The number of fused-ring (bicyclic) bond motifs is 5. The summed E-state index contributed by atoms with van der Waals surface area (Å²) >= 11 is 0. The normalized spacial score (nSPS) is 22.5. The number of hydrogen-bond donors (Lipinski definition) is 2. The van der Waals surface area contributed by atoms with E-state index in [1.165, 1.54) is 30.6 Å². The van der Waals surface area contributed by atoms with Crippen LogP contribution in [0, 0.1) is 17.8 Å². The first-order valence-electron chi connectivity index (χ1n) is 13.8. The molecule has 3 fully saturated rings. The summed E-state index contributed by atoms with van der Waals surface area (Å²) in [5.41, 5.74) is 2.65. The van der Waals surface area contributed by atoms with Crippen molar-refractivity contribution in [2.45, 2.75) is 45.7 Å². The van der Waals surface area contributed by atoms with E-state index in [0.717, 1.165) is 18.7 Å². The standard InChI is InChI=1S/C30H37N5O4/c1-19(2)27-24-9-4-5-10-25(24)35(18-26(36)34-16-20-11-12-21(17-34)14-13-20)29(37)28(32-27)33-30(38)31-22-7-6-8-23(15-22)39-3/h4-10,15,19-21,28H,11-14,16-18H2,1-3H3,(H2,31,33,38). The molecule has 9 nitrogen and oxygen atoms in total. The third-order valence-electron chi connectivity index (χ3n) is 7.95. The maximum atomic E-state index is 14.0. The average molecular weight is 532 g/mol. The van der Waals surface area contributed by atoms with E-state index in [2.05, 4.69) is 10.6 Å². The maximum Gasteiger partial charge on any atom is 0.321 e. The lowest BCUT2D eigenvalue weighted by Gasteiger charge is -2.29. The van der Waals surface area contributed by atoms with Crippen molar-refractivity contribution < 1.29 is 19.1 Å². The molecule has 2 aromatic carbocycles. The third-order valence-corrected chi connectivity index (χ3v) is 7.95. The number of benzodiazepines with no additional fused rings is 1. The van der Waals surface area contributed by atoms with Crippen LogP contribution in [-0.2, 0) is 9.59 Å². The Kier molecular flexibility index (Phi) is 7.86. The molecule has 39 heavy (non-hydrogen) atoms. The molecule has 1 atom stereocenters. The molecule has 4 amide bonds. The second kappa shape index (κ2) is 11.5. The van der Waals surface area contributed by atoms with Gasteiger partial charge in [-0.2, -0.15) is 0 Å². The topological polar surface area (TPSA) is 103 Å². The number of nitrogens with one attached hydrogen (secondary N) is 2. The third kappa shape index (κ3) is 5.92. The lowest BCUT2D eigenvalue weighted by Crippen LogP contribution is -2.52. The molecule has 3 aliphatic heterocycles. The Balaban J connectivity index is 1.41. The highest BCUT2D eigenvalue weighted by molar-refractivity contribution is 6.15. The molecule has 6 rings (SSSR count). The maximum absolute atomic E-state index is 14.0. The lowest BCUT2D eigenvalue weighted by atomic mass is 9.84. The minimum absolute atomic E-state index is 0.0124. The SMILES string of the molecule is COc1cccc(NC(=O)NC2N=C(C(C)C)c3ccccc3N(CC(=O)N3CC4CCC(CC4)C3)C2=O)c1. The summed E-state index contributed by atoms with van der Waals surface area (Å²) in [6.45, 7) is 5.41. The summed E-state index contributed by atoms with van der Waals surface area (Å²) < 4.78 is 5.23. The van der Waals surface area contributed by atoms with E-state index in [4.69, 9.17) is 9.73 Å². The molecule has 4 aliphatic rings. The number of aliphatic imine (C=N–C) groups is 1. The molecule has 2 bridgehead atoms. The minimum Gasteiger partial charge on any atom is -0.497 e. The number of ether oxygens (including phenoxy) is 1. The number of para-hydroxylation sites is 1. The molecule has 0 spiro atoms. The first kappa shape index (κ1) is 26.7. The van der Waals surface area contributed by atoms with E-state index in [1.807, 2.05) is 43.0 Å². The summed E-state index contributed by atoms with van der Waals surface area (Å²) in [5, 5.41) is 5.49. The Hall–Kier alpha value is -3.88. The number of rotatable bonds is 6. The van der Waals surface area contributed by atoms with Crippen LogP contribution >= 0.6 is 0 Å². The Labute approximate surface area is 229 Å². The number of urea groups is 1. The van der Waals surface area contributed by atoms with Crippen LogP contribution < -0.4 is 20.3 Å². The van der Waals surface area contributed by atoms with Gasteiger partial charge in [0.05, 0.1) is 12.8 Å². The minimum atomic E-state index is -1.19. The summed E-state index contributed by atoms with van der Waals surface area (Å²) in [4.78, 5) is 48.8. The molecule has 3 heterocycles. The molecular weight excluding hydrogens is 494 g/mol. The quantitative estimate of drug-likeness (QED) is 0.581. The lowest BCUT2D eigenvalue weighted by molar-refractivity contribution is -0.132. The van der Waals surface area contributed by atoms with Crippen LogP contribution in [0.2, 0.25) is 0 Å². The van der Waals surface area contributed by atoms with Crippen molar-refractivity contribution in [3.05, 3.63) is 54.1 Å². The van der Waals surface area contributed by atoms with E-state index < -0.39 is 18.1 Å². The molecule has 0 radical (unpaired) electrons. The van der Waals surface area contributed by atoms with Crippen molar-refractivity contribution in [1.82, 2.24) is 10.2 Å². The van der Waals surface area contributed by atoms with Gasteiger partial charge in [-0.15, -0.1) is 0 Å². The second-order valence-corrected chi connectivity index (χ2v) is 11.0. The van der Waals surface area contributed by atoms with Gasteiger partial charge in [-0.25, -0.2) is 4.79 Å². The Bertz CT molecular complexity index is 1250. The van der Waals surface area contributed by atoms with Crippen LogP contribution in [0.15, 0.2) is 53.5 Å². The second-order valence-electron chi connectivity index (χ2n) is 11.0. The predicted octanol–water partition coefficient (Wildman–Crippen LogP) is 4.28. The Morgan fingerprint density at radius 3 is 2.38 bits per heavy atom. The Morgan fingerprint density at radius 1 is 1.03 bits per heavy atom. The van der Waals surface area contributed by atoms with E-state index in [-0.39, 0.29) is 18.4 Å². The van der Waals surface area contributed by atoms with E-state index >= 15 is 0 Å². The summed E-state index contributed by atoms with van der Waals surface area (Å²) in [6.07, 6.45) is 3.48. The van der Waals surface area contributed by atoms with Crippen LogP contribution in [0.5, 0.6) is 5.75 Å². The zero-order valence-electron chi connectivity index (χ0n) is 22.9. The van der Waals surface area contributed by atoms with Gasteiger partial charge in [0.2, 0.25) is 12.1 Å². The fourth-order valence-electron chi connectivity index (χ4n) is 5.90. The molecule has 206 valence electrons. The van der Waals surface area contributed by atoms with Gasteiger partial charge in [0.25, 0.3) is 5.91 Å². The number of methoxy groups -OCH3 is 1. The number of carbonyl (C=O) groups excluding carboxylic acids is 3. The molecule has 2 saturated heterocycles. The van der Waals surface area contributed by atoms with Crippen molar-refractivity contribution in [3.63, 3.8) is 0 Å². The van der Waals surface area contributed by atoms with Gasteiger partial charge in [-0.1, -0.05) is 38.1 Å². The molecule has 2 N–H and O–H groups in total. The first-order chi connectivity index (χ1) is 18.8. The van der Waals surface area contributed by atoms with Gasteiger partial charge in [-0.3, -0.25) is 19.5 Å². The van der Waals surface area contributed by atoms with Crippen LogP contribution in [0.3, 0.4) is 0 Å². The molecule has 1 saturated carbocycles. The molecular formula is C30H37N5O4. The number of nitrogens with zero attached hydrogens (tertiary/aromatic N) is 3. The van der Waals surface area contributed by atoms with Gasteiger partial charge in [0, 0.05) is 36.1 Å². The molecule has 2 aromatic rings. The summed E-state index contributed by atoms with van der Waals surface area (Å²) in [6, 6.07) is 13.9. The zero-order valence-corrected chi connectivity index (χ0v) is 22.9. The number of benzene rings is 2. The van der Waals surface area contributed by atoms with Gasteiger partial charge >= 0.3 is 6.03 Å². The van der Waals surface area contributed by atoms with Crippen LogP contribution in [0.1, 0.15) is 45.1 Å². The van der Waals surface area contributed by atoms with Crippen molar-refractivity contribution in [2.75, 3.05) is 37.0 Å². The van der Waals surface area contributed by atoms with Crippen molar-refractivity contribution in [3.8, 4) is 5.75 Å². The summed E-state index contributed by atoms with van der Waals surface area (Å²) in [5.74, 6) is 1.15. The predicted molar refractivity (Wildman–Crippen MR) is 151 cm³/mol. The van der Waals surface area contributed by atoms with Crippen molar-refractivity contribution in [1.29, 1.82) is 0 Å². The fourth-order valence-corrected chi connectivity index (χ4v) is 5.90. The Morgan fingerprint density at radius 2 is 1.72 bits per heavy atom. The highest BCUT2D eigenvalue weighted by Crippen LogP contribution is 2.34. The number of amides is 4. The molecule has 1 unspecified atom stereocenters. The average Bonchev–Trinajstić information content (AvgIpc) is 3.32. The number of hydrogen-bond acceptors (Lipinski definition) is 5. The molecule has 1 aliphatic carbocycles. The van der Waals surface area contributed by atoms with Crippen LogP contribution in [0.4, 0.5) is 16.2 Å². The highest BCUT2D eigenvalue weighted by atomic mass is 16.5. The van der Waals surface area contributed by atoms with E-state index in [1.54, 1.807) is 31.4 Å². The monoisotopic (exact) mass is 531 g/mol. The van der Waals surface area contributed by atoms with Gasteiger partial charge in [-0.05, 0) is 61.6 Å². The molecule has 9 heteroatoms.